The van der Waals surface area contributed by atoms with Gasteiger partial charge < -0.3 is 10.3 Å². The molecule has 0 aliphatic carbocycles. The van der Waals surface area contributed by atoms with Crippen LogP contribution in [0, 0.1) is 0 Å². The van der Waals surface area contributed by atoms with Crippen molar-refractivity contribution in [3.8, 4) is 0 Å². The minimum Gasteiger partial charge on any atom is -0.379 e. The smallest absolute Gasteiger partial charge is 0.304 e. The van der Waals surface area contributed by atoms with Crippen molar-refractivity contribution in [3.63, 3.8) is 0 Å². The maximum atomic E-state index is 11.0. The topological polar surface area (TPSA) is 44.9 Å². The van der Waals surface area contributed by atoms with E-state index >= 15 is 0 Å². The SMILES string of the molecule is O=c1[nH]c(CNc2ccc3ccccc3c2)cs1. The number of aromatic nitrogens is 1. The third-order valence-electron chi connectivity index (χ3n) is 2.80. The van der Waals surface area contributed by atoms with Crippen LogP contribution in [0.5, 0.6) is 0 Å². The zero-order chi connectivity index (χ0) is 12.4. The molecule has 3 rings (SSSR count). The van der Waals surface area contributed by atoms with Crippen LogP contribution in [0.25, 0.3) is 10.8 Å². The molecule has 18 heavy (non-hydrogen) atoms. The summed E-state index contributed by atoms with van der Waals surface area (Å²) >= 11 is 1.19. The predicted octanol–water partition coefficient (Wildman–Crippen LogP) is 3.20. The summed E-state index contributed by atoms with van der Waals surface area (Å²) < 4.78 is 0. The van der Waals surface area contributed by atoms with Crippen LogP contribution < -0.4 is 10.2 Å². The Morgan fingerprint density at radius 1 is 1.11 bits per heavy atom. The summed E-state index contributed by atoms with van der Waals surface area (Å²) in [5.74, 6) is 0. The van der Waals surface area contributed by atoms with E-state index in [9.17, 15) is 4.79 Å². The molecule has 2 N–H and O–H groups in total. The highest BCUT2D eigenvalue weighted by molar-refractivity contribution is 7.07. The molecule has 3 aromatic rings. The highest BCUT2D eigenvalue weighted by Crippen LogP contribution is 2.19. The van der Waals surface area contributed by atoms with E-state index in [1.54, 1.807) is 0 Å². The lowest BCUT2D eigenvalue weighted by Crippen LogP contribution is -2.02. The van der Waals surface area contributed by atoms with Crippen molar-refractivity contribution in [1.82, 2.24) is 4.98 Å². The molecular weight excluding hydrogens is 244 g/mol. The van der Waals surface area contributed by atoms with Gasteiger partial charge in [0.1, 0.15) is 0 Å². The molecule has 3 nitrogen and oxygen atoms in total. The van der Waals surface area contributed by atoms with Gasteiger partial charge in [0.05, 0.1) is 6.54 Å². The highest BCUT2D eigenvalue weighted by Gasteiger charge is 1.98. The fraction of sp³-hybridized carbons (Fsp3) is 0.0714. The Labute approximate surface area is 108 Å². The van der Waals surface area contributed by atoms with Crippen LogP contribution in [-0.4, -0.2) is 4.98 Å². The fourth-order valence-electron chi connectivity index (χ4n) is 1.90. The van der Waals surface area contributed by atoms with Crippen molar-refractivity contribution >= 4 is 27.8 Å². The zero-order valence-corrected chi connectivity index (χ0v) is 10.5. The number of benzene rings is 2. The lowest BCUT2D eigenvalue weighted by molar-refractivity contribution is 1.06. The molecular formula is C14H12N2OS. The Balaban J connectivity index is 1.80. The molecule has 0 amide bonds. The zero-order valence-electron chi connectivity index (χ0n) is 9.64. The molecule has 0 aliphatic rings. The fourth-order valence-corrected chi connectivity index (χ4v) is 2.48. The number of rotatable bonds is 3. The van der Waals surface area contributed by atoms with Crippen molar-refractivity contribution in [2.75, 3.05) is 5.32 Å². The summed E-state index contributed by atoms with van der Waals surface area (Å²) in [4.78, 5) is 13.8. The molecule has 0 saturated carbocycles. The van der Waals surface area contributed by atoms with Gasteiger partial charge in [-0.1, -0.05) is 41.7 Å². The third-order valence-corrected chi connectivity index (χ3v) is 3.52. The maximum Gasteiger partial charge on any atom is 0.304 e. The quantitative estimate of drug-likeness (QED) is 0.756. The molecule has 2 aromatic carbocycles. The predicted molar refractivity (Wildman–Crippen MR) is 76.2 cm³/mol. The lowest BCUT2D eigenvalue weighted by atomic mass is 10.1. The molecule has 0 spiro atoms. The molecule has 90 valence electrons. The Morgan fingerprint density at radius 2 is 1.94 bits per heavy atom. The second-order valence-corrected chi connectivity index (χ2v) is 4.93. The van der Waals surface area contributed by atoms with Crippen molar-refractivity contribution in [1.29, 1.82) is 0 Å². The summed E-state index contributed by atoms with van der Waals surface area (Å²) in [5.41, 5.74) is 1.97. The largest absolute Gasteiger partial charge is 0.379 e. The summed E-state index contributed by atoms with van der Waals surface area (Å²) in [5, 5.41) is 7.58. The maximum absolute atomic E-state index is 11.0. The van der Waals surface area contributed by atoms with E-state index in [1.807, 2.05) is 23.6 Å². The highest BCUT2D eigenvalue weighted by atomic mass is 32.1. The standard InChI is InChI=1S/C14H12N2OS/c17-14-16-13(9-18-14)8-15-12-6-5-10-3-1-2-4-11(10)7-12/h1-7,9,15H,8H2,(H,16,17). The number of aromatic amines is 1. The molecule has 1 heterocycles. The Bertz CT molecular complexity index is 729. The summed E-state index contributed by atoms with van der Waals surface area (Å²) in [7, 11) is 0. The van der Waals surface area contributed by atoms with Crippen LogP contribution in [0.15, 0.2) is 52.6 Å². The first-order chi connectivity index (χ1) is 8.81. The average molecular weight is 256 g/mol. The molecule has 0 radical (unpaired) electrons. The Kier molecular flexibility index (Phi) is 2.86. The molecule has 0 unspecified atom stereocenters. The summed E-state index contributed by atoms with van der Waals surface area (Å²) in [6, 6.07) is 14.5. The van der Waals surface area contributed by atoms with Gasteiger partial charge in [-0.3, -0.25) is 4.79 Å². The van der Waals surface area contributed by atoms with Gasteiger partial charge in [0.15, 0.2) is 0 Å². The first-order valence-electron chi connectivity index (χ1n) is 5.71. The minimum atomic E-state index is -0.00897. The van der Waals surface area contributed by atoms with Gasteiger partial charge >= 0.3 is 4.87 Å². The van der Waals surface area contributed by atoms with Crippen LogP contribution >= 0.6 is 11.3 Å². The van der Waals surface area contributed by atoms with Gasteiger partial charge in [-0.25, -0.2) is 0 Å². The second-order valence-electron chi connectivity index (χ2n) is 4.09. The summed E-state index contributed by atoms with van der Waals surface area (Å²) in [6.45, 7) is 0.636. The molecule has 0 atom stereocenters. The van der Waals surface area contributed by atoms with Crippen molar-refractivity contribution in [3.05, 3.63) is 63.2 Å². The van der Waals surface area contributed by atoms with Gasteiger partial charge in [-0.2, -0.15) is 0 Å². The molecule has 0 saturated heterocycles. The molecule has 0 bridgehead atoms. The van der Waals surface area contributed by atoms with Crippen LogP contribution in [0.4, 0.5) is 5.69 Å². The number of H-pyrrole nitrogens is 1. The van der Waals surface area contributed by atoms with Gasteiger partial charge in [0, 0.05) is 16.8 Å². The lowest BCUT2D eigenvalue weighted by Gasteiger charge is -2.06. The van der Waals surface area contributed by atoms with Gasteiger partial charge in [-0.05, 0) is 22.9 Å². The Hall–Kier alpha value is -2.07. The van der Waals surface area contributed by atoms with E-state index in [4.69, 9.17) is 0 Å². The number of anilines is 1. The molecule has 0 aliphatic heterocycles. The molecule has 1 aromatic heterocycles. The first-order valence-corrected chi connectivity index (χ1v) is 6.58. The van der Waals surface area contributed by atoms with E-state index < -0.39 is 0 Å². The average Bonchev–Trinajstić information content (AvgIpc) is 2.82. The van der Waals surface area contributed by atoms with Gasteiger partial charge in [-0.15, -0.1) is 0 Å². The van der Waals surface area contributed by atoms with Crippen molar-refractivity contribution in [2.24, 2.45) is 0 Å². The van der Waals surface area contributed by atoms with E-state index in [2.05, 4.69) is 34.6 Å². The van der Waals surface area contributed by atoms with E-state index in [0.29, 0.717) is 6.54 Å². The van der Waals surface area contributed by atoms with Gasteiger partial charge in [0.25, 0.3) is 0 Å². The van der Waals surface area contributed by atoms with E-state index in [0.717, 1.165) is 11.4 Å². The van der Waals surface area contributed by atoms with E-state index in [1.165, 1.54) is 22.1 Å². The van der Waals surface area contributed by atoms with Crippen LogP contribution in [0.1, 0.15) is 5.69 Å². The normalized spacial score (nSPS) is 10.7. The first kappa shape index (κ1) is 11.0. The summed E-state index contributed by atoms with van der Waals surface area (Å²) in [6.07, 6.45) is 0. The second kappa shape index (κ2) is 4.66. The number of fused-ring (bicyclic) bond motifs is 1. The van der Waals surface area contributed by atoms with Crippen LogP contribution in [0.3, 0.4) is 0 Å². The number of hydrogen-bond acceptors (Lipinski definition) is 3. The van der Waals surface area contributed by atoms with Crippen LogP contribution in [-0.2, 0) is 6.54 Å². The van der Waals surface area contributed by atoms with Crippen LogP contribution in [0.2, 0.25) is 0 Å². The monoisotopic (exact) mass is 256 g/mol. The van der Waals surface area contributed by atoms with Crippen molar-refractivity contribution in [2.45, 2.75) is 6.54 Å². The van der Waals surface area contributed by atoms with E-state index in [-0.39, 0.29) is 4.87 Å². The number of thiazole rings is 1. The number of hydrogen-bond donors (Lipinski definition) is 2. The van der Waals surface area contributed by atoms with Crippen molar-refractivity contribution < 1.29 is 0 Å². The Morgan fingerprint density at radius 3 is 2.72 bits per heavy atom. The third kappa shape index (κ3) is 2.28. The molecule has 4 heteroatoms. The number of nitrogens with one attached hydrogen (secondary N) is 2. The minimum absolute atomic E-state index is 0.00897. The molecule has 0 fully saturated rings. The van der Waals surface area contributed by atoms with Gasteiger partial charge in [0.2, 0.25) is 0 Å².